The second-order valence-corrected chi connectivity index (χ2v) is 14.4. The largest absolute Gasteiger partial charge is 0.375 e. The molecule has 0 bridgehead atoms. The highest BCUT2D eigenvalue weighted by Gasteiger charge is 2.43. The minimum absolute atomic E-state index is 0.0319. The van der Waals surface area contributed by atoms with E-state index in [1.807, 2.05) is 0 Å². The summed E-state index contributed by atoms with van der Waals surface area (Å²) in [5, 5.41) is 2.73. The molecule has 2 nitrogen and oxygen atoms in total. The van der Waals surface area contributed by atoms with E-state index in [0.717, 1.165) is 0 Å². The van der Waals surface area contributed by atoms with Crippen LogP contribution in [-0.4, -0.2) is 11.3 Å². The van der Waals surface area contributed by atoms with Gasteiger partial charge in [0.05, 0.1) is 0 Å². The Kier molecular flexibility index (Phi) is 5.10. The molecule has 2 aliphatic heterocycles. The molecule has 0 N–H and O–H groups in total. The van der Waals surface area contributed by atoms with Gasteiger partial charge < -0.3 is 9.38 Å². The highest BCUT2D eigenvalue weighted by Crippen LogP contribution is 2.47. The predicted molar refractivity (Wildman–Crippen MR) is 182 cm³/mol. The van der Waals surface area contributed by atoms with Crippen LogP contribution in [0.2, 0.25) is 0 Å². The van der Waals surface area contributed by atoms with Gasteiger partial charge in [0.25, 0.3) is 0 Å². The number of anilines is 3. The highest BCUT2D eigenvalue weighted by atomic mass is 15.2. The molecule has 0 unspecified atom stereocenters. The smallest absolute Gasteiger partial charge is 0.333 e. The molecule has 6 aromatic rings. The first kappa shape index (κ1) is 25.5. The fraction of sp³-hybridized carbons (Fsp3) is 0.231. The number of hydrogen-bond acceptors (Lipinski definition) is 1. The van der Waals surface area contributed by atoms with E-state index in [-0.39, 0.29) is 17.7 Å². The monoisotopic (exact) mass is 544 g/mol. The van der Waals surface area contributed by atoms with Gasteiger partial charge in [0.1, 0.15) is 0 Å². The van der Waals surface area contributed by atoms with Gasteiger partial charge in [-0.2, -0.15) is 0 Å². The Bertz CT molecular complexity index is 2070. The summed E-state index contributed by atoms with van der Waals surface area (Å²) in [7, 11) is 0. The minimum Gasteiger partial charge on any atom is -0.375 e. The molecule has 0 amide bonds. The fourth-order valence-corrected chi connectivity index (χ4v) is 7.36. The maximum Gasteiger partial charge on any atom is 0.333 e. The maximum absolute atomic E-state index is 2.67. The molecule has 8 rings (SSSR count). The minimum atomic E-state index is 0.0319. The summed E-state index contributed by atoms with van der Waals surface area (Å²) in [4.78, 5) is 2.48. The van der Waals surface area contributed by atoms with Crippen LogP contribution in [0.3, 0.4) is 0 Å². The van der Waals surface area contributed by atoms with Crippen molar-refractivity contribution in [3.63, 3.8) is 0 Å². The van der Waals surface area contributed by atoms with Gasteiger partial charge in [-0.3, -0.25) is 0 Å². The Balaban J connectivity index is 1.57. The van der Waals surface area contributed by atoms with Crippen molar-refractivity contribution in [2.75, 3.05) is 4.90 Å². The summed E-state index contributed by atoms with van der Waals surface area (Å²) in [6.45, 7) is 16.3. The second-order valence-electron chi connectivity index (χ2n) is 14.4. The quantitative estimate of drug-likeness (QED) is 0.187. The first-order valence-electron chi connectivity index (χ1n) is 15.2. The van der Waals surface area contributed by atoms with Crippen LogP contribution < -0.4 is 15.8 Å². The summed E-state index contributed by atoms with van der Waals surface area (Å²) >= 11 is 0. The number of hydrogen-bond donors (Lipinski definition) is 0. The zero-order chi connectivity index (χ0) is 29.1. The molecular weight excluding hydrogens is 507 g/mol. The highest BCUT2D eigenvalue weighted by molar-refractivity contribution is 6.90. The normalized spacial score (nSPS) is 14.0. The molecule has 0 radical (unpaired) electrons. The van der Waals surface area contributed by atoms with E-state index < -0.39 is 0 Å². The summed E-state index contributed by atoms with van der Waals surface area (Å²) in [6.07, 6.45) is 0. The molecular formula is C39H37BN2. The van der Waals surface area contributed by atoms with Gasteiger partial charge in [0.2, 0.25) is 0 Å². The van der Waals surface area contributed by atoms with Gasteiger partial charge in [0, 0.05) is 44.4 Å². The van der Waals surface area contributed by atoms with Crippen molar-refractivity contribution >= 4 is 56.6 Å². The number of aryl methyl sites for hydroxylation is 1. The van der Waals surface area contributed by atoms with E-state index in [2.05, 4.69) is 155 Å². The van der Waals surface area contributed by atoms with Crippen LogP contribution in [-0.2, 0) is 10.8 Å². The molecule has 3 heteroatoms. The van der Waals surface area contributed by atoms with Crippen molar-refractivity contribution in [3.05, 3.63) is 114 Å². The third-order valence-corrected chi connectivity index (χ3v) is 9.48. The number of fused-ring (bicyclic) bond motifs is 7. The van der Waals surface area contributed by atoms with Crippen LogP contribution in [0.15, 0.2) is 97.1 Å². The van der Waals surface area contributed by atoms with Gasteiger partial charge in [-0.05, 0) is 99.5 Å². The van der Waals surface area contributed by atoms with E-state index in [0.29, 0.717) is 0 Å². The Morgan fingerprint density at radius 2 is 1.29 bits per heavy atom. The number of nitrogens with zero attached hydrogens (tertiary/aromatic N) is 2. The van der Waals surface area contributed by atoms with E-state index in [1.165, 1.54) is 77.6 Å². The van der Waals surface area contributed by atoms with E-state index in [1.54, 1.807) is 0 Å². The lowest BCUT2D eigenvalue weighted by atomic mass is 9.45. The standard InChI is InChI=1S/C39H37BN2/c1-24-19-29-31-23-26(39(5,6)7)22-30-28-21-25(38(2,3)4)17-18-33(28)42(37(30)31)40-32-15-11-12-16-34(32)41(35(20-24)36(29)40)27-13-9-8-10-14-27/h8-23H,1-7H3. The van der Waals surface area contributed by atoms with Crippen molar-refractivity contribution < 1.29 is 0 Å². The summed E-state index contributed by atoms with van der Waals surface area (Å²) in [6, 6.07) is 36.9. The van der Waals surface area contributed by atoms with Crippen LogP contribution in [0.1, 0.15) is 58.2 Å². The Hall–Kier alpha value is -4.24. The number of aromatic nitrogens is 1. The average molecular weight is 545 g/mol. The first-order valence-corrected chi connectivity index (χ1v) is 15.2. The van der Waals surface area contributed by atoms with Crippen molar-refractivity contribution in [2.45, 2.75) is 59.3 Å². The van der Waals surface area contributed by atoms with Crippen molar-refractivity contribution in [3.8, 4) is 11.1 Å². The predicted octanol–water partition coefficient (Wildman–Crippen LogP) is 9.12. The third-order valence-electron chi connectivity index (χ3n) is 9.48. The van der Waals surface area contributed by atoms with Crippen LogP contribution in [0.5, 0.6) is 0 Å². The zero-order valence-electron chi connectivity index (χ0n) is 25.7. The number of benzene rings is 5. The van der Waals surface area contributed by atoms with Crippen molar-refractivity contribution in [1.82, 2.24) is 4.48 Å². The second kappa shape index (κ2) is 8.41. The Morgan fingerprint density at radius 3 is 2.02 bits per heavy atom. The van der Waals surface area contributed by atoms with Gasteiger partial charge in [-0.25, -0.2) is 0 Å². The molecule has 0 spiro atoms. The number of para-hydroxylation sites is 2. The molecule has 0 saturated carbocycles. The van der Waals surface area contributed by atoms with Crippen molar-refractivity contribution in [2.24, 2.45) is 0 Å². The summed E-state index contributed by atoms with van der Waals surface area (Å²) in [5.41, 5.74) is 16.1. The molecule has 0 atom stereocenters. The zero-order valence-corrected chi connectivity index (χ0v) is 25.7. The van der Waals surface area contributed by atoms with Crippen LogP contribution in [0, 0.1) is 6.92 Å². The maximum atomic E-state index is 2.67. The van der Waals surface area contributed by atoms with E-state index >= 15 is 0 Å². The lowest BCUT2D eigenvalue weighted by Crippen LogP contribution is -2.56. The topological polar surface area (TPSA) is 8.17 Å². The first-order chi connectivity index (χ1) is 20.0. The molecule has 0 fully saturated rings. The summed E-state index contributed by atoms with van der Waals surface area (Å²) < 4.78 is 2.67. The Labute approximate surface area is 249 Å². The van der Waals surface area contributed by atoms with E-state index in [9.17, 15) is 0 Å². The lowest BCUT2D eigenvalue weighted by Gasteiger charge is -2.41. The fourth-order valence-electron chi connectivity index (χ4n) is 7.36. The number of rotatable bonds is 1. The third kappa shape index (κ3) is 3.46. The lowest BCUT2D eigenvalue weighted by molar-refractivity contribution is 0.590. The van der Waals surface area contributed by atoms with Crippen molar-refractivity contribution in [1.29, 1.82) is 0 Å². The molecule has 42 heavy (non-hydrogen) atoms. The molecule has 0 aliphatic carbocycles. The van der Waals surface area contributed by atoms with Crippen LogP contribution in [0.4, 0.5) is 17.1 Å². The SMILES string of the molecule is Cc1cc2c3c(c1)N(c1ccccc1)c1ccccc1B3n1c3ccc(C(C)(C)C)cc3c3cc(C(C)(C)C)cc-2c31. The van der Waals surface area contributed by atoms with E-state index in [4.69, 9.17) is 0 Å². The average Bonchev–Trinajstić information content (AvgIpc) is 3.28. The molecule has 1 aromatic heterocycles. The van der Waals surface area contributed by atoms with Gasteiger partial charge in [-0.15, -0.1) is 0 Å². The van der Waals surface area contributed by atoms with Gasteiger partial charge >= 0.3 is 6.85 Å². The van der Waals surface area contributed by atoms with Gasteiger partial charge in [-0.1, -0.05) is 90.1 Å². The molecule has 206 valence electrons. The Morgan fingerprint density at radius 1 is 0.595 bits per heavy atom. The molecule has 0 saturated heterocycles. The van der Waals surface area contributed by atoms with Crippen LogP contribution >= 0.6 is 0 Å². The molecule has 3 heterocycles. The summed E-state index contributed by atoms with van der Waals surface area (Å²) in [5.74, 6) is 0. The van der Waals surface area contributed by atoms with Gasteiger partial charge in [0.15, 0.2) is 0 Å². The molecule has 5 aromatic carbocycles. The van der Waals surface area contributed by atoms with Crippen LogP contribution in [0.25, 0.3) is 32.9 Å². The molecule has 2 aliphatic rings.